The zero-order valence-corrected chi connectivity index (χ0v) is 13.4. The van der Waals surface area contributed by atoms with Crippen LogP contribution in [0, 0.1) is 6.92 Å². The van der Waals surface area contributed by atoms with Crippen molar-refractivity contribution in [1.82, 2.24) is 4.72 Å². The number of rotatable bonds is 4. The summed E-state index contributed by atoms with van der Waals surface area (Å²) in [6, 6.07) is 8.55. The van der Waals surface area contributed by atoms with Crippen molar-refractivity contribution in [2.75, 3.05) is 5.73 Å². The fourth-order valence-corrected chi connectivity index (χ4v) is 4.29. The molecule has 19 heavy (non-hydrogen) atoms. The van der Waals surface area contributed by atoms with Gasteiger partial charge in [-0.15, -0.1) is 11.3 Å². The van der Waals surface area contributed by atoms with Gasteiger partial charge in [0.15, 0.2) is 0 Å². The molecule has 0 saturated carbocycles. The summed E-state index contributed by atoms with van der Waals surface area (Å²) in [5.41, 5.74) is 6.93. The first-order chi connectivity index (χ1) is 8.87. The van der Waals surface area contributed by atoms with Gasteiger partial charge in [0, 0.05) is 17.1 Å². The summed E-state index contributed by atoms with van der Waals surface area (Å²) in [7, 11) is -3.53. The number of nitrogens with one attached hydrogen (secondary N) is 1. The lowest BCUT2D eigenvalue weighted by Crippen LogP contribution is -2.23. The van der Waals surface area contributed by atoms with Crippen LogP contribution in [-0.4, -0.2) is 8.42 Å². The smallest absolute Gasteiger partial charge is 0.240 e. The predicted molar refractivity (Wildman–Crippen MR) is 81.6 cm³/mol. The molecule has 0 radical (unpaired) electrons. The van der Waals surface area contributed by atoms with E-state index in [0.29, 0.717) is 5.69 Å². The quantitative estimate of drug-likeness (QED) is 0.823. The molecule has 1 aromatic carbocycles. The van der Waals surface area contributed by atoms with Crippen molar-refractivity contribution in [3.8, 4) is 0 Å². The summed E-state index contributed by atoms with van der Waals surface area (Å²) in [5, 5.41) is 0. The van der Waals surface area contributed by atoms with Crippen molar-refractivity contribution >= 4 is 43.0 Å². The maximum atomic E-state index is 12.1. The van der Waals surface area contributed by atoms with Crippen LogP contribution in [0.15, 0.2) is 39.0 Å². The molecule has 102 valence electrons. The van der Waals surface area contributed by atoms with Gasteiger partial charge in [0.1, 0.15) is 0 Å². The van der Waals surface area contributed by atoms with Gasteiger partial charge in [0.25, 0.3) is 0 Å². The molecule has 0 atom stereocenters. The van der Waals surface area contributed by atoms with Gasteiger partial charge in [0.2, 0.25) is 10.0 Å². The number of hydrogen-bond acceptors (Lipinski definition) is 4. The van der Waals surface area contributed by atoms with Crippen LogP contribution in [0.1, 0.15) is 10.4 Å². The lowest BCUT2D eigenvalue weighted by Gasteiger charge is -2.07. The minimum Gasteiger partial charge on any atom is -0.399 e. The lowest BCUT2D eigenvalue weighted by molar-refractivity contribution is 0.582. The number of nitrogens with two attached hydrogens (primary N) is 1. The van der Waals surface area contributed by atoms with Crippen LogP contribution in [0.5, 0.6) is 0 Å². The average molecular weight is 361 g/mol. The maximum absolute atomic E-state index is 12.1. The maximum Gasteiger partial charge on any atom is 0.240 e. The first kappa shape index (κ1) is 14.5. The normalized spacial score (nSPS) is 11.7. The predicted octanol–water partition coefficient (Wildman–Crippen LogP) is 2.88. The van der Waals surface area contributed by atoms with Gasteiger partial charge in [-0.05, 0) is 58.7 Å². The second kappa shape index (κ2) is 5.62. The van der Waals surface area contributed by atoms with Gasteiger partial charge in [-0.2, -0.15) is 0 Å². The summed E-state index contributed by atoms with van der Waals surface area (Å²) in [4.78, 5) is 1.14. The van der Waals surface area contributed by atoms with Crippen LogP contribution in [-0.2, 0) is 16.6 Å². The van der Waals surface area contributed by atoms with E-state index in [-0.39, 0.29) is 11.4 Å². The average Bonchev–Trinajstić information content (AvgIpc) is 2.71. The highest BCUT2D eigenvalue weighted by Crippen LogP contribution is 2.22. The van der Waals surface area contributed by atoms with E-state index in [0.717, 1.165) is 14.2 Å². The molecule has 7 heteroatoms. The summed E-state index contributed by atoms with van der Waals surface area (Å²) in [6.45, 7) is 2.08. The Labute approximate surface area is 124 Å². The van der Waals surface area contributed by atoms with E-state index in [4.69, 9.17) is 5.73 Å². The van der Waals surface area contributed by atoms with E-state index in [9.17, 15) is 8.42 Å². The Balaban J connectivity index is 2.18. The minimum absolute atomic E-state index is 0.195. The molecule has 0 unspecified atom stereocenters. The molecule has 0 bridgehead atoms. The molecule has 0 aliphatic carbocycles. The number of anilines is 1. The third-order valence-electron chi connectivity index (χ3n) is 2.45. The van der Waals surface area contributed by atoms with E-state index in [2.05, 4.69) is 20.7 Å². The monoisotopic (exact) mass is 360 g/mol. The Morgan fingerprint density at radius 3 is 2.63 bits per heavy atom. The zero-order chi connectivity index (χ0) is 14.0. The highest BCUT2D eigenvalue weighted by atomic mass is 79.9. The number of benzene rings is 1. The first-order valence-corrected chi connectivity index (χ1v) is 8.57. The van der Waals surface area contributed by atoms with Crippen LogP contribution in [0.25, 0.3) is 0 Å². The highest BCUT2D eigenvalue weighted by Gasteiger charge is 2.15. The van der Waals surface area contributed by atoms with Crippen LogP contribution in [0.2, 0.25) is 0 Å². The summed E-state index contributed by atoms with van der Waals surface area (Å²) in [5.74, 6) is 0. The Bertz CT molecular complexity index is 675. The Morgan fingerprint density at radius 1 is 1.32 bits per heavy atom. The van der Waals surface area contributed by atoms with E-state index in [1.807, 2.05) is 19.1 Å². The molecule has 0 aliphatic heterocycles. The Kier molecular flexibility index (Phi) is 4.29. The molecule has 0 fully saturated rings. The first-order valence-electron chi connectivity index (χ1n) is 5.48. The van der Waals surface area contributed by atoms with Crippen molar-refractivity contribution in [2.24, 2.45) is 0 Å². The molecule has 0 amide bonds. The number of nitrogen functional groups attached to an aromatic ring is 1. The molecule has 0 spiro atoms. The topological polar surface area (TPSA) is 72.2 Å². The summed E-state index contributed by atoms with van der Waals surface area (Å²) in [6.07, 6.45) is 0. The molecule has 1 heterocycles. The number of halogens is 1. The Hall–Kier alpha value is -0.890. The number of aryl methyl sites for hydroxylation is 1. The van der Waals surface area contributed by atoms with Crippen molar-refractivity contribution in [3.63, 3.8) is 0 Å². The van der Waals surface area contributed by atoms with Gasteiger partial charge < -0.3 is 5.73 Å². The highest BCUT2D eigenvalue weighted by molar-refractivity contribution is 9.11. The van der Waals surface area contributed by atoms with Gasteiger partial charge >= 0.3 is 0 Å². The lowest BCUT2D eigenvalue weighted by atomic mass is 10.2. The number of hydrogen-bond donors (Lipinski definition) is 2. The Morgan fingerprint density at radius 2 is 2.05 bits per heavy atom. The molecular weight excluding hydrogens is 348 g/mol. The molecule has 2 rings (SSSR count). The second-order valence-electron chi connectivity index (χ2n) is 4.11. The van der Waals surface area contributed by atoms with Crippen LogP contribution in [0.4, 0.5) is 5.69 Å². The van der Waals surface area contributed by atoms with E-state index < -0.39 is 10.0 Å². The summed E-state index contributed by atoms with van der Waals surface area (Å²) < 4.78 is 27.8. The largest absolute Gasteiger partial charge is 0.399 e. The standard InChI is InChI=1S/C12H13BrN2O2S2/c1-8-4-9(14)6-11(5-8)19(16,17)15-7-10-2-3-12(13)18-10/h2-6,15H,7,14H2,1H3. The molecule has 1 aromatic heterocycles. The second-order valence-corrected chi connectivity index (χ2v) is 8.42. The van der Waals surface area contributed by atoms with Crippen LogP contribution >= 0.6 is 27.3 Å². The molecule has 0 aliphatic rings. The van der Waals surface area contributed by atoms with E-state index in [1.54, 1.807) is 12.1 Å². The van der Waals surface area contributed by atoms with Crippen molar-refractivity contribution in [3.05, 3.63) is 44.6 Å². The molecule has 3 N–H and O–H groups in total. The van der Waals surface area contributed by atoms with Crippen LogP contribution < -0.4 is 10.5 Å². The van der Waals surface area contributed by atoms with Crippen molar-refractivity contribution < 1.29 is 8.42 Å². The minimum atomic E-state index is -3.53. The van der Waals surface area contributed by atoms with Gasteiger partial charge in [-0.3, -0.25) is 0 Å². The number of sulfonamides is 1. The summed E-state index contributed by atoms with van der Waals surface area (Å²) >= 11 is 4.84. The molecule has 4 nitrogen and oxygen atoms in total. The third kappa shape index (κ3) is 3.79. The number of thiophene rings is 1. The van der Waals surface area contributed by atoms with E-state index in [1.165, 1.54) is 17.4 Å². The molecule has 2 aromatic rings. The van der Waals surface area contributed by atoms with E-state index >= 15 is 0 Å². The molecule has 0 saturated heterocycles. The van der Waals surface area contributed by atoms with Crippen LogP contribution in [0.3, 0.4) is 0 Å². The third-order valence-corrected chi connectivity index (χ3v) is 5.45. The SMILES string of the molecule is Cc1cc(N)cc(S(=O)(=O)NCc2ccc(Br)s2)c1. The van der Waals surface area contributed by atoms with Crippen molar-refractivity contribution in [2.45, 2.75) is 18.4 Å². The zero-order valence-electron chi connectivity index (χ0n) is 10.2. The van der Waals surface area contributed by atoms with Gasteiger partial charge in [0.05, 0.1) is 8.68 Å². The van der Waals surface area contributed by atoms with Gasteiger partial charge in [-0.1, -0.05) is 0 Å². The van der Waals surface area contributed by atoms with Crippen molar-refractivity contribution in [1.29, 1.82) is 0 Å². The molecular formula is C12H13BrN2O2S2. The fourth-order valence-electron chi connectivity index (χ4n) is 1.63. The van der Waals surface area contributed by atoms with Gasteiger partial charge in [-0.25, -0.2) is 13.1 Å². The fraction of sp³-hybridized carbons (Fsp3) is 0.167.